The van der Waals surface area contributed by atoms with Crippen molar-refractivity contribution in [2.24, 2.45) is 16.7 Å². The van der Waals surface area contributed by atoms with Crippen LogP contribution in [-0.2, 0) is 4.79 Å². The Kier molecular flexibility index (Phi) is 2.09. The third-order valence-corrected chi connectivity index (χ3v) is 7.71. The van der Waals surface area contributed by atoms with Gasteiger partial charge in [-0.05, 0) is 36.3 Å². The average Bonchev–Trinajstić information content (AvgIpc) is 2.62. The summed E-state index contributed by atoms with van der Waals surface area (Å²) in [5, 5.41) is 0. The van der Waals surface area contributed by atoms with Crippen LogP contribution in [0.4, 0.5) is 0 Å². The number of fused-ring (bicyclic) bond motifs is 1. The zero-order valence-corrected chi connectivity index (χ0v) is 11.4. The number of sulfonamides is 1. The Morgan fingerprint density at radius 3 is 2.59 bits per heavy atom. The van der Waals surface area contributed by atoms with Crippen LogP contribution in [0.25, 0.3) is 0 Å². The predicted octanol–water partition coefficient (Wildman–Crippen LogP) is 2.02. The number of nitrogens with zero attached hydrogens (tertiary/aromatic N) is 1. The van der Waals surface area contributed by atoms with Crippen molar-refractivity contribution in [3.63, 3.8) is 0 Å². The lowest BCUT2D eigenvalue weighted by atomic mass is 9.69. The first-order valence-electron chi connectivity index (χ1n) is 6.25. The van der Waals surface area contributed by atoms with Crippen LogP contribution in [0.5, 0.6) is 0 Å². The second-order valence-corrected chi connectivity index (χ2v) is 8.28. The molecule has 1 spiro atoms. The number of amides is 1. The second-order valence-electron chi connectivity index (χ2n) is 6.44. The summed E-state index contributed by atoms with van der Waals surface area (Å²) in [7, 11) is -3.38. The summed E-state index contributed by atoms with van der Waals surface area (Å²) in [6.07, 6.45) is 2.94. The van der Waals surface area contributed by atoms with E-state index in [1.807, 2.05) is 0 Å². The number of carbonyl (C=O) groups excluding carboxylic acids is 1. The standard InChI is InChI=1S/C12H21NO3S/c1-8(14)13-10-6-9-4-5-12(10,11(9,2)3)7-17(13,15)16/h9-10,15-16H,4-7H2,1-3H3/p-2/t9-,10-,12-/m1/s1. The quantitative estimate of drug-likeness (QED) is 0.667. The maximum atomic E-state index is 12.2. The van der Waals surface area contributed by atoms with Gasteiger partial charge in [0.15, 0.2) is 0 Å². The molecule has 2 aliphatic carbocycles. The monoisotopic (exact) mass is 257 g/mol. The van der Waals surface area contributed by atoms with E-state index >= 15 is 0 Å². The Morgan fingerprint density at radius 1 is 1.41 bits per heavy atom. The lowest BCUT2D eigenvalue weighted by molar-refractivity contribution is -0.127. The molecule has 17 heavy (non-hydrogen) atoms. The maximum Gasteiger partial charge on any atom is 0.232 e. The molecule has 3 fully saturated rings. The minimum absolute atomic E-state index is 0.0505. The fraction of sp³-hybridized carbons (Fsp3) is 0.917. The van der Waals surface area contributed by atoms with E-state index in [1.54, 1.807) is 0 Å². The van der Waals surface area contributed by atoms with Gasteiger partial charge in [-0.25, -0.2) is 0 Å². The van der Waals surface area contributed by atoms with Gasteiger partial charge in [0.25, 0.3) is 0 Å². The largest absolute Gasteiger partial charge is 0.783 e. The van der Waals surface area contributed by atoms with Crippen molar-refractivity contribution in [2.45, 2.75) is 46.1 Å². The van der Waals surface area contributed by atoms with E-state index in [0.29, 0.717) is 5.92 Å². The van der Waals surface area contributed by atoms with Crippen LogP contribution < -0.4 is 0 Å². The van der Waals surface area contributed by atoms with Crippen LogP contribution >= 0.6 is 10.8 Å². The molecule has 2 bridgehead atoms. The molecule has 0 aromatic carbocycles. The highest BCUT2D eigenvalue weighted by molar-refractivity contribution is 8.22. The summed E-state index contributed by atoms with van der Waals surface area (Å²) < 4.78 is 25.6. The van der Waals surface area contributed by atoms with Gasteiger partial charge >= 0.3 is 0 Å². The maximum absolute atomic E-state index is 12.2. The third-order valence-electron chi connectivity index (χ3n) is 5.72. The molecule has 3 rings (SSSR count). The van der Waals surface area contributed by atoms with Crippen molar-refractivity contribution < 1.29 is 13.9 Å². The highest BCUT2D eigenvalue weighted by Gasteiger charge is 2.68. The molecule has 1 heterocycles. The van der Waals surface area contributed by atoms with Crippen LogP contribution in [0, 0.1) is 16.7 Å². The van der Waals surface area contributed by atoms with E-state index in [9.17, 15) is 13.9 Å². The minimum Gasteiger partial charge on any atom is -0.783 e. The summed E-state index contributed by atoms with van der Waals surface area (Å²) in [6.45, 7) is 5.74. The van der Waals surface area contributed by atoms with Gasteiger partial charge in [-0.15, -0.1) is 0 Å². The van der Waals surface area contributed by atoms with Crippen molar-refractivity contribution in [3.05, 3.63) is 0 Å². The summed E-state index contributed by atoms with van der Waals surface area (Å²) in [5.74, 6) is 0.438. The highest BCUT2D eigenvalue weighted by atomic mass is 32.3. The summed E-state index contributed by atoms with van der Waals surface area (Å²) in [6, 6.07) is -0.0706. The fourth-order valence-corrected chi connectivity index (χ4v) is 7.27. The SMILES string of the molecule is CC(=O)N1[C@@H]2C[C@H]3CC[C@]2(CS1([O-])[O-])C3(C)C. The van der Waals surface area contributed by atoms with Crippen molar-refractivity contribution in [1.82, 2.24) is 4.31 Å². The number of hydrogen-bond acceptors (Lipinski definition) is 3. The Hall–Kier alpha value is -0.260. The molecule has 1 aliphatic heterocycles. The molecule has 3 aliphatic rings. The molecule has 4 nitrogen and oxygen atoms in total. The molecule has 0 aromatic heterocycles. The van der Waals surface area contributed by atoms with Crippen LogP contribution in [-0.4, -0.2) is 31.1 Å². The molecule has 1 amide bonds. The molecule has 0 aromatic rings. The Bertz CT molecular complexity index is 395. The van der Waals surface area contributed by atoms with E-state index in [4.69, 9.17) is 0 Å². The van der Waals surface area contributed by atoms with E-state index < -0.39 is 10.8 Å². The normalized spacial score (nSPS) is 47.0. The molecular formula is C12H19NO3S-2. The zero-order chi connectivity index (χ0) is 12.6. The second kappa shape index (κ2) is 3.00. The van der Waals surface area contributed by atoms with Crippen LogP contribution in [0.2, 0.25) is 0 Å². The summed E-state index contributed by atoms with van der Waals surface area (Å²) in [4.78, 5) is 11.6. The van der Waals surface area contributed by atoms with Gasteiger partial charge in [0.1, 0.15) is 0 Å². The first kappa shape index (κ1) is 11.8. The van der Waals surface area contributed by atoms with Gasteiger partial charge in [-0.3, -0.25) is 4.79 Å². The molecular weight excluding hydrogens is 238 g/mol. The van der Waals surface area contributed by atoms with Gasteiger partial charge < -0.3 is 24.2 Å². The van der Waals surface area contributed by atoms with E-state index in [0.717, 1.165) is 19.3 Å². The molecule has 3 atom stereocenters. The molecule has 5 heteroatoms. The van der Waals surface area contributed by atoms with Gasteiger partial charge in [0, 0.05) is 12.3 Å². The number of carbonyl (C=O) groups is 1. The zero-order valence-electron chi connectivity index (χ0n) is 10.6. The number of hydrogen-bond donors (Lipinski definition) is 0. The fourth-order valence-electron chi connectivity index (χ4n) is 4.70. The van der Waals surface area contributed by atoms with E-state index in [2.05, 4.69) is 13.8 Å². The van der Waals surface area contributed by atoms with Crippen molar-refractivity contribution in [3.8, 4) is 0 Å². The minimum atomic E-state index is -3.38. The van der Waals surface area contributed by atoms with E-state index in [-0.39, 0.29) is 28.5 Å². The molecule has 1 saturated heterocycles. The predicted molar refractivity (Wildman–Crippen MR) is 63.9 cm³/mol. The summed E-state index contributed by atoms with van der Waals surface area (Å²) >= 11 is 0. The van der Waals surface area contributed by atoms with Gasteiger partial charge in [0.2, 0.25) is 5.91 Å². The van der Waals surface area contributed by atoms with Crippen molar-refractivity contribution in [1.29, 1.82) is 0 Å². The molecule has 98 valence electrons. The average molecular weight is 257 g/mol. The van der Waals surface area contributed by atoms with Gasteiger partial charge in [-0.1, -0.05) is 13.8 Å². The first-order valence-corrected chi connectivity index (χ1v) is 7.86. The van der Waals surface area contributed by atoms with Crippen LogP contribution in [0.3, 0.4) is 0 Å². The molecule has 0 radical (unpaired) electrons. The smallest absolute Gasteiger partial charge is 0.232 e. The topological polar surface area (TPSA) is 66.4 Å². The third kappa shape index (κ3) is 1.15. The lowest BCUT2D eigenvalue weighted by Crippen LogP contribution is -2.43. The molecule has 2 saturated carbocycles. The van der Waals surface area contributed by atoms with Crippen molar-refractivity contribution >= 4 is 16.7 Å². The molecule has 0 unspecified atom stereocenters. The first-order chi connectivity index (χ1) is 7.72. The summed E-state index contributed by atoms with van der Waals surface area (Å²) in [5.41, 5.74) is -0.128. The Labute approximate surface area is 104 Å². The Balaban J connectivity index is 2.09. The highest BCUT2D eigenvalue weighted by Crippen LogP contribution is 2.76. The van der Waals surface area contributed by atoms with E-state index in [1.165, 1.54) is 11.2 Å². The van der Waals surface area contributed by atoms with Crippen molar-refractivity contribution in [2.75, 3.05) is 5.75 Å². The lowest BCUT2D eigenvalue weighted by Gasteiger charge is -2.63. The Morgan fingerprint density at radius 2 is 2.06 bits per heavy atom. The molecule has 0 N–H and O–H groups in total. The van der Waals surface area contributed by atoms with Crippen LogP contribution in [0.1, 0.15) is 40.0 Å². The van der Waals surface area contributed by atoms with Gasteiger partial charge in [0.05, 0.1) is 6.04 Å². The van der Waals surface area contributed by atoms with Crippen LogP contribution in [0.15, 0.2) is 0 Å². The van der Waals surface area contributed by atoms with Gasteiger partial charge in [-0.2, -0.15) is 0 Å². The number of rotatable bonds is 0.